The molecule has 2 nitrogen and oxygen atoms in total. The maximum absolute atomic E-state index is 13.5. The molecule has 0 aliphatic rings. The maximum atomic E-state index is 13.5. The molecule has 0 aliphatic carbocycles. The van der Waals surface area contributed by atoms with Gasteiger partial charge in [-0.05, 0) is 19.9 Å². The molecule has 13 heavy (non-hydrogen) atoms. The number of carbonyl (C=O) groups is 1. The summed E-state index contributed by atoms with van der Waals surface area (Å²) in [6.07, 6.45) is 0. The second-order valence-electron chi connectivity index (χ2n) is 3.32. The van der Waals surface area contributed by atoms with E-state index >= 15 is 0 Å². The highest BCUT2D eigenvalue weighted by Gasteiger charge is 2.24. The Bertz CT molecular complexity index is 326. The third-order valence-corrected chi connectivity index (χ3v) is 1.80. The van der Waals surface area contributed by atoms with Gasteiger partial charge in [-0.3, -0.25) is 0 Å². The molecule has 0 saturated carbocycles. The number of aromatic carboxylic acids is 1. The molecule has 0 bridgehead atoms. The highest BCUT2D eigenvalue weighted by molar-refractivity contribution is 5.89. The van der Waals surface area contributed by atoms with Crippen molar-refractivity contribution in [3.63, 3.8) is 0 Å². The first-order chi connectivity index (χ1) is 5.93. The number of rotatable bonds is 2. The van der Waals surface area contributed by atoms with Gasteiger partial charge in [-0.25, -0.2) is 9.18 Å². The molecule has 1 N–H and O–H groups in total. The van der Waals surface area contributed by atoms with Crippen LogP contribution in [0.25, 0.3) is 0 Å². The molecule has 0 fully saturated rings. The van der Waals surface area contributed by atoms with Crippen molar-refractivity contribution in [3.05, 3.63) is 35.4 Å². The Balaban J connectivity index is 3.28. The van der Waals surface area contributed by atoms with E-state index in [1.807, 2.05) is 0 Å². The fourth-order valence-electron chi connectivity index (χ4n) is 1.19. The molecule has 0 aromatic heterocycles. The molecule has 3 heteroatoms. The van der Waals surface area contributed by atoms with E-state index in [0.29, 0.717) is 0 Å². The van der Waals surface area contributed by atoms with Crippen LogP contribution in [-0.2, 0) is 5.67 Å². The quantitative estimate of drug-likeness (QED) is 0.763. The molecule has 1 aromatic rings. The molecular formula is C10H11FO2. The number of benzene rings is 1. The Morgan fingerprint density at radius 1 is 1.38 bits per heavy atom. The number of hydrogen-bond donors (Lipinski definition) is 1. The lowest BCUT2D eigenvalue weighted by Crippen LogP contribution is -2.14. The van der Waals surface area contributed by atoms with Crippen LogP contribution in [0.15, 0.2) is 24.3 Å². The van der Waals surface area contributed by atoms with Gasteiger partial charge in [0.25, 0.3) is 0 Å². The Morgan fingerprint density at radius 2 is 1.92 bits per heavy atom. The van der Waals surface area contributed by atoms with Gasteiger partial charge in [0.1, 0.15) is 5.67 Å². The van der Waals surface area contributed by atoms with Crippen LogP contribution in [0.3, 0.4) is 0 Å². The minimum Gasteiger partial charge on any atom is -0.478 e. The van der Waals surface area contributed by atoms with Crippen molar-refractivity contribution in [2.45, 2.75) is 19.5 Å². The molecular weight excluding hydrogens is 171 g/mol. The summed E-state index contributed by atoms with van der Waals surface area (Å²) in [5.41, 5.74) is -1.38. The van der Waals surface area contributed by atoms with Crippen molar-refractivity contribution in [1.82, 2.24) is 0 Å². The standard InChI is InChI=1S/C10H11FO2/c1-10(2,11)8-6-4-3-5-7(8)9(12)13/h3-6H,1-2H3,(H,12,13). The van der Waals surface area contributed by atoms with Crippen molar-refractivity contribution in [3.8, 4) is 0 Å². The summed E-state index contributed by atoms with van der Waals surface area (Å²) in [6.45, 7) is 2.68. The average molecular weight is 182 g/mol. The Kier molecular flexibility index (Phi) is 2.36. The zero-order chi connectivity index (χ0) is 10.1. The predicted octanol–water partition coefficient (Wildman–Crippen LogP) is 2.59. The Hall–Kier alpha value is -1.38. The van der Waals surface area contributed by atoms with Crippen LogP contribution in [0.2, 0.25) is 0 Å². The van der Waals surface area contributed by atoms with Gasteiger partial charge in [-0.2, -0.15) is 0 Å². The van der Waals surface area contributed by atoms with Crippen molar-refractivity contribution in [2.75, 3.05) is 0 Å². The van der Waals surface area contributed by atoms with Crippen molar-refractivity contribution in [2.24, 2.45) is 0 Å². The number of carboxylic acid groups (broad SMARTS) is 1. The van der Waals surface area contributed by atoms with E-state index in [1.54, 1.807) is 12.1 Å². The third-order valence-electron chi connectivity index (χ3n) is 1.80. The lowest BCUT2D eigenvalue weighted by Gasteiger charge is -2.16. The van der Waals surface area contributed by atoms with Crippen molar-refractivity contribution in [1.29, 1.82) is 0 Å². The topological polar surface area (TPSA) is 37.3 Å². The van der Waals surface area contributed by atoms with Crippen molar-refractivity contribution >= 4 is 5.97 Å². The summed E-state index contributed by atoms with van der Waals surface area (Å²) in [5, 5.41) is 8.76. The molecule has 1 aromatic carbocycles. The van der Waals surface area contributed by atoms with E-state index < -0.39 is 11.6 Å². The fourth-order valence-corrected chi connectivity index (χ4v) is 1.19. The van der Waals surface area contributed by atoms with E-state index in [2.05, 4.69) is 0 Å². The van der Waals surface area contributed by atoms with Gasteiger partial charge in [-0.1, -0.05) is 18.2 Å². The lowest BCUT2D eigenvalue weighted by atomic mass is 9.95. The molecule has 0 spiro atoms. The van der Waals surface area contributed by atoms with Gasteiger partial charge in [-0.15, -0.1) is 0 Å². The van der Waals surface area contributed by atoms with Crippen LogP contribution in [0.4, 0.5) is 4.39 Å². The van der Waals surface area contributed by atoms with Crippen LogP contribution in [0.5, 0.6) is 0 Å². The minimum absolute atomic E-state index is 0.0231. The summed E-state index contributed by atoms with van der Waals surface area (Å²) < 4.78 is 13.5. The Morgan fingerprint density at radius 3 is 2.31 bits per heavy atom. The number of carboxylic acids is 1. The van der Waals surface area contributed by atoms with Gasteiger partial charge in [0.05, 0.1) is 5.56 Å². The fraction of sp³-hybridized carbons (Fsp3) is 0.300. The molecule has 0 atom stereocenters. The summed E-state index contributed by atoms with van der Waals surface area (Å²) >= 11 is 0. The highest BCUT2D eigenvalue weighted by atomic mass is 19.1. The third kappa shape index (κ3) is 2.05. The number of halogens is 1. The van der Waals surface area contributed by atoms with E-state index in [1.165, 1.54) is 26.0 Å². The maximum Gasteiger partial charge on any atom is 0.336 e. The van der Waals surface area contributed by atoms with Gasteiger partial charge in [0.2, 0.25) is 0 Å². The molecule has 70 valence electrons. The molecule has 0 radical (unpaired) electrons. The summed E-state index contributed by atoms with van der Waals surface area (Å²) in [6, 6.07) is 6.10. The van der Waals surface area contributed by atoms with E-state index in [-0.39, 0.29) is 11.1 Å². The van der Waals surface area contributed by atoms with Gasteiger partial charge < -0.3 is 5.11 Å². The largest absolute Gasteiger partial charge is 0.478 e. The smallest absolute Gasteiger partial charge is 0.336 e. The SMILES string of the molecule is CC(C)(F)c1ccccc1C(=O)O. The van der Waals surface area contributed by atoms with E-state index in [9.17, 15) is 9.18 Å². The zero-order valence-corrected chi connectivity index (χ0v) is 7.54. The zero-order valence-electron chi connectivity index (χ0n) is 7.54. The van der Waals surface area contributed by atoms with Crippen LogP contribution >= 0.6 is 0 Å². The van der Waals surface area contributed by atoms with Crippen LogP contribution in [-0.4, -0.2) is 11.1 Å². The van der Waals surface area contributed by atoms with E-state index in [4.69, 9.17) is 5.11 Å². The molecule has 0 aliphatic heterocycles. The summed E-state index contributed by atoms with van der Waals surface area (Å²) in [5.74, 6) is -1.10. The number of alkyl halides is 1. The first-order valence-corrected chi connectivity index (χ1v) is 3.94. The van der Waals surface area contributed by atoms with Crippen LogP contribution in [0.1, 0.15) is 29.8 Å². The van der Waals surface area contributed by atoms with Gasteiger partial charge in [0, 0.05) is 5.56 Å². The van der Waals surface area contributed by atoms with Crippen LogP contribution in [0, 0.1) is 0 Å². The molecule has 0 heterocycles. The van der Waals surface area contributed by atoms with Gasteiger partial charge >= 0.3 is 5.97 Å². The first-order valence-electron chi connectivity index (χ1n) is 3.94. The van der Waals surface area contributed by atoms with E-state index in [0.717, 1.165) is 0 Å². The first kappa shape index (κ1) is 9.71. The highest BCUT2D eigenvalue weighted by Crippen LogP contribution is 2.27. The normalized spacial score (nSPS) is 11.3. The molecule has 0 amide bonds. The lowest BCUT2D eigenvalue weighted by molar-refractivity contribution is 0.0689. The predicted molar refractivity (Wildman–Crippen MR) is 47.5 cm³/mol. The van der Waals surface area contributed by atoms with Gasteiger partial charge in [0.15, 0.2) is 0 Å². The van der Waals surface area contributed by atoms with Crippen molar-refractivity contribution < 1.29 is 14.3 Å². The number of hydrogen-bond acceptors (Lipinski definition) is 1. The molecule has 0 unspecified atom stereocenters. The second kappa shape index (κ2) is 3.17. The minimum atomic E-state index is -1.62. The Labute approximate surface area is 76.0 Å². The average Bonchev–Trinajstić information content (AvgIpc) is 2.03. The molecule has 0 saturated heterocycles. The van der Waals surface area contributed by atoms with Crippen LogP contribution < -0.4 is 0 Å². The summed E-state index contributed by atoms with van der Waals surface area (Å²) in [4.78, 5) is 10.7. The molecule has 1 rings (SSSR count). The summed E-state index contributed by atoms with van der Waals surface area (Å²) in [7, 11) is 0. The second-order valence-corrected chi connectivity index (χ2v) is 3.32. The monoisotopic (exact) mass is 182 g/mol.